The van der Waals surface area contributed by atoms with Crippen LogP contribution in [-0.4, -0.2) is 31.0 Å². The van der Waals surface area contributed by atoms with Gasteiger partial charge in [-0.15, -0.1) is 5.10 Å². The Balaban J connectivity index is 1.39. The van der Waals surface area contributed by atoms with Crippen LogP contribution >= 0.6 is 22.9 Å². The van der Waals surface area contributed by atoms with E-state index in [1.54, 1.807) is 35.0 Å². The summed E-state index contributed by atoms with van der Waals surface area (Å²) in [5.41, 5.74) is 3.60. The number of benzene rings is 3. The first kappa shape index (κ1) is 26.6. The summed E-state index contributed by atoms with van der Waals surface area (Å²) in [6.45, 7) is 2.61. The van der Waals surface area contributed by atoms with Crippen LogP contribution in [0, 0.1) is 5.82 Å². The lowest BCUT2D eigenvalue weighted by atomic mass is 10.1. The Kier molecular flexibility index (Phi) is 7.45. The highest BCUT2D eigenvalue weighted by Gasteiger charge is 2.15. The number of halogens is 2. The molecule has 0 saturated heterocycles. The van der Waals surface area contributed by atoms with Gasteiger partial charge in [-0.3, -0.25) is 4.79 Å². The highest BCUT2D eigenvalue weighted by atomic mass is 35.5. The minimum atomic E-state index is -0.305. The lowest BCUT2D eigenvalue weighted by molar-refractivity contribution is 0.317. The Labute approximate surface area is 243 Å². The van der Waals surface area contributed by atoms with Crippen LogP contribution in [0.1, 0.15) is 30.3 Å². The molecule has 0 aliphatic heterocycles. The van der Waals surface area contributed by atoms with E-state index in [1.807, 2.05) is 61.7 Å². The van der Waals surface area contributed by atoms with Crippen LogP contribution in [-0.2, 0) is 0 Å². The Morgan fingerprint density at radius 2 is 1.83 bits per heavy atom. The molecule has 41 heavy (non-hydrogen) atoms. The number of para-hydroxylation sites is 1. The van der Waals surface area contributed by atoms with Gasteiger partial charge in [-0.1, -0.05) is 66.3 Å². The van der Waals surface area contributed by atoms with Crippen molar-refractivity contribution in [1.29, 1.82) is 0 Å². The maximum atomic E-state index is 13.3. The zero-order chi connectivity index (χ0) is 28.3. The first-order valence-electron chi connectivity index (χ1n) is 12.9. The highest BCUT2D eigenvalue weighted by Crippen LogP contribution is 2.32. The van der Waals surface area contributed by atoms with Gasteiger partial charge in [0.05, 0.1) is 21.8 Å². The van der Waals surface area contributed by atoms with E-state index in [0.717, 1.165) is 28.8 Å². The number of aromatic nitrogens is 5. The quantitative estimate of drug-likeness (QED) is 0.210. The summed E-state index contributed by atoms with van der Waals surface area (Å²) in [6, 6.07) is 21.4. The second-order valence-corrected chi connectivity index (χ2v) is 10.6. The van der Waals surface area contributed by atoms with Gasteiger partial charge in [-0.2, -0.15) is 14.6 Å². The topological polar surface area (TPSA) is 74.3 Å². The third kappa shape index (κ3) is 5.68. The summed E-state index contributed by atoms with van der Waals surface area (Å²) in [5.74, 6) is 0.699. The molecule has 0 unspecified atom stereocenters. The number of hydrogen-bond donors (Lipinski definition) is 0. The van der Waals surface area contributed by atoms with Crippen LogP contribution in [0.3, 0.4) is 0 Å². The molecule has 0 aliphatic rings. The van der Waals surface area contributed by atoms with Crippen molar-refractivity contribution >= 4 is 46.1 Å². The molecule has 204 valence electrons. The fourth-order valence-electron chi connectivity index (χ4n) is 4.21. The minimum absolute atomic E-state index is 0.279. The van der Waals surface area contributed by atoms with Crippen molar-refractivity contribution in [3.05, 3.63) is 122 Å². The fraction of sp³-hybridized carbons (Fsp3) is 0.0968. The second-order valence-electron chi connectivity index (χ2n) is 9.17. The minimum Gasteiger partial charge on any atom is -0.492 e. The molecule has 0 saturated carbocycles. The molecule has 0 aliphatic carbocycles. The van der Waals surface area contributed by atoms with Gasteiger partial charge in [0, 0.05) is 17.3 Å². The lowest BCUT2D eigenvalue weighted by Crippen LogP contribution is -2.23. The van der Waals surface area contributed by atoms with E-state index in [0.29, 0.717) is 38.4 Å². The Morgan fingerprint density at radius 3 is 2.56 bits per heavy atom. The molecule has 0 radical (unpaired) electrons. The van der Waals surface area contributed by atoms with Gasteiger partial charge < -0.3 is 4.74 Å². The Hall–Kier alpha value is -4.60. The van der Waals surface area contributed by atoms with Crippen molar-refractivity contribution in [2.24, 2.45) is 0 Å². The maximum Gasteiger partial charge on any atom is 0.291 e. The number of ether oxygens (including phenoxy) is 1. The number of fused-ring (bicyclic) bond motifs is 1. The van der Waals surface area contributed by atoms with Crippen LogP contribution in [0.2, 0.25) is 5.02 Å². The molecule has 0 atom stereocenters. The van der Waals surface area contributed by atoms with E-state index >= 15 is 0 Å². The zero-order valence-electron chi connectivity index (χ0n) is 21.9. The van der Waals surface area contributed by atoms with E-state index in [9.17, 15) is 9.18 Å². The molecule has 0 N–H and O–H groups in total. The molecule has 3 heterocycles. The number of rotatable bonds is 8. The van der Waals surface area contributed by atoms with Crippen molar-refractivity contribution in [2.45, 2.75) is 13.3 Å². The van der Waals surface area contributed by atoms with E-state index < -0.39 is 0 Å². The Bertz CT molecular complexity index is 1980. The number of thiazole rings is 1. The molecule has 0 spiro atoms. The van der Waals surface area contributed by atoms with E-state index in [4.69, 9.17) is 21.4 Å². The summed E-state index contributed by atoms with van der Waals surface area (Å²) in [4.78, 5) is 18.2. The van der Waals surface area contributed by atoms with Gasteiger partial charge in [0.1, 0.15) is 17.3 Å². The summed E-state index contributed by atoms with van der Waals surface area (Å²) < 4.78 is 22.4. The van der Waals surface area contributed by atoms with Crippen LogP contribution in [0.4, 0.5) is 4.39 Å². The smallest absolute Gasteiger partial charge is 0.291 e. The largest absolute Gasteiger partial charge is 0.492 e. The molecule has 10 heteroatoms. The van der Waals surface area contributed by atoms with Crippen molar-refractivity contribution in [3.8, 4) is 22.7 Å². The molecule has 6 aromatic rings. The van der Waals surface area contributed by atoms with Gasteiger partial charge in [0.15, 0.2) is 5.82 Å². The molecule has 7 nitrogen and oxygen atoms in total. The summed E-state index contributed by atoms with van der Waals surface area (Å²) in [5, 5.41) is 9.69. The van der Waals surface area contributed by atoms with E-state index in [-0.39, 0.29) is 11.4 Å². The maximum absolute atomic E-state index is 13.3. The van der Waals surface area contributed by atoms with Crippen LogP contribution in [0.25, 0.3) is 40.1 Å². The first-order valence-corrected chi connectivity index (χ1v) is 14.1. The first-order chi connectivity index (χ1) is 20.0. The summed E-state index contributed by atoms with van der Waals surface area (Å²) in [7, 11) is 0. The van der Waals surface area contributed by atoms with Crippen LogP contribution in [0.15, 0.2) is 83.8 Å². The molecule has 3 aromatic heterocycles. The number of hydrogen-bond acceptors (Lipinski definition) is 6. The molecule has 0 fully saturated rings. The predicted molar refractivity (Wildman–Crippen MR) is 161 cm³/mol. The molecular formula is C31H23ClFN5O2S. The third-order valence-corrected chi connectivity index (χ3v) is 7.46. The van der Waals surface area contributed by atoms with Crippen molar-refractivity contribution in [2.75, 3.05) is 6.61 Å². The van der Waals surface area contributed by atoms with Gasteiger partial charge in [-0.25, -0.2) is 9.07 Å². The van der Waals surface area contributed by atoms with Crippen molar-refractivity contribution in [3.63, 3.8) is 0 Å². The number of nitrogens with zero attached hydrogens (tertiary/aromatic N) is 5. The normalized spacial score (nSPS) is 12.1. The second kappa shape index (κ2) is 11.5. The average molecular weight is 584 g/mol. The van der Waals surface area contributed by atoms with Crippen LogP contribution < -0.4 is 14.8 Å². The molecule has 6 rings (SSSR count). The molecule has 3 aromatic carbocycles. The zero-order valence-corrected chi connectivity index (χ0v) is 23.4. The molecule has 0 amide bonds. The monoisotopic (exact) mass is 583 g/mol. The standard InChI is InChI=1S/C31H23ClFN5O2S/c1-2-16-40-26-14-11-21(17-25(26)32)29-22(19-37(36-29)24-6-4-3-5-7-24)18-27-30(39)38-31(41-27)34-28(35-38)15-10-20-8-12-23(33)13-9-20/h3-15,17-19H,2,16H2,1H3/b15-10+,27-18-. The lowest BCUT2D eigenvalue weighted by Gasteiger charge is -2.08. The Morgan fingerprint density at radius 1 is 1.02 bits per heavy atom. The van der Waals surface area contributed by atoms with Gasteiger partial charge in [0.25, 0.3) is 5.56 Å². The summed E-state index contributed by atoms with van der Waals surface area (Å²) >= 11 is 7.78. The van der Waals surface area contributed by atoms with E-state index in [2.05, 4.69) is 10.1 Å². The highest BCUT2D eigenvalue weighted by molar-refractivity contribution is 7.15. The van der Waals surface area contributed by atoms with Gasteiger partial charge in [0.2, 0.25) is 4.96 Å². The predicted octanol–water partition coefficient (Wildman–Crippen LogP) is 6.30. The summed E-state index contributed by atoms with van der Waals surface area (Å²) in [6.07, 6.45) is 8.02. The van der Waals surface area contributed by atoms with E-state index in [1.165, 1.54) is 28.0 Å². The third-order valence-electron chi connectivity index (χ3n) is 6.21. The molecule has 0 bridgehead atoms. The van der Waals surface area contributed by atoms with Crippen molar-refractivity contribution in [1.82, 2.24) is 24.4 Å². The molecular weight excluding hydrogens is 561 g/mol. The average Bonchev–Trinajstić information content (AvgIpc) is 3.67. The van der Waals surface area contributed by atoms with Gasteiger partial charge in [-0.05, 0) is 66.6 Å². The van der Waals surface area contributed by atoms with Crippen LogP contribution in [0.5, 0.6) is 5.75 Å². The SMILES string of the molecule is CCCOc1ccc(-c2nn(-c3ccccc3)cc2/C=c2\sc3nc(/C=C/c4ccc(F)cc4)nn3c2=O)cc1Cl. The van der Waals surface area contributed by atoms with Crippen molar-refractivity contribution < 1.29 is 9.13 Å². The van der Waals surface area contributed by atoms with Gasteiger partial charge >= 0.3 is 0 Å². The fourth-order valence-corrected chi connectivity index (χ4v) is 5.35.